The lowest BCUT2D eigenvalue weighted by Gasteiger charge is -2.13. The zero-order chi connectivity index (χ0) is 15.1. The summed E-state index contributed by atoms with van der Waals surface area (Å²) in [7, 11) is 1.54. The van der Waals surface area contributed by atoms with Crippen molar-refractivity contribution in [3.05, 3.63) is 53.6 Å². The van der Waals surface area contributed by atoms with Crippen molar-refractivity contribution in [2.24, 2.45) is 0 Å². The van der Waals surface area contributed by atoms with Crippen molar-refractivity contribution in [2.75, 3.05) is 19.0 Å². The Bertz CT molecular complexity index is 584. The van der Waals surface area contributed by atoms with Gasteiger partial charge in [0.2, 0.25) is 0 Å². The average molecular weight is 287 g/mol. The van der Waals surface area contributed by atoms with Gasteiger partial charge in [0.05, 0.1) is 13.7 Å². The Hall–Kier alpha value is -2.20. The van der Waals surface area contributed by atoms with Gasteiger partial charge >= 0.3 is 0 Å². The average Bonchev–Trinajstić information content (AvgIpc) is 2.52. The first-order valence-electron chi connectivity index (χ1n) is 7.00. The maximum Gasteiger partial charge on any atom is 0.160 e. The van der Waals surface area contributed by atoms with Crippen molar-refractivity contribution in [1.29, 1.82) is 0 Å². The molecule has 0 aromatic heterocycles. The number of hydrogen-bond donors (Lipinski definition) is 2. The van der Waals surface area contributed by atoms with Gasteiger partial charge in [0.15, 0.2) is 11.5 Å². The minimum Gasteiger partial charge on any atom is -0.504 e. The fraction of sp³-hybridized carbons (Fsp3) is 0.294. The molecule has 0 atom stereocenters. The molecule has 4 nitrogen and oxygen atoms in total. The number of nitrogens with one attached hydrogen (secondary N) is 1. The summed E-state index contributed by atoms with van der Waals surface area (Å²) in [6.45, 7) is 3.89. The van der Waals surface area contributed by atoms with Crippen LogP contribution in [0.15, 0.2) is 42.5 Å². The van der Waals surface area contributed by atoms with E-state index in [1.54, 1.807) is 12.1 Å². The largest absolute Gasteiger partial charge is 0.504 e. The molecule has 0 amide bonds. The zero-order valence-corrected chi connectivity index (χ0v) is 12.4. The molecule has 0 radical (unpaired) electrons. The van der Waals surface area contributed by atoms with E-state index in [2.05, 4.69) is 5.32 Å². The number of methoxy groups -OCH3 is 1. The van der Waals surface area contributed by atoms with Crippen LogP contribution < -0.4 is 10.1 Å². The summed E-state index contributed by atoms with van der Waals surface area (Å²) in [6.07, 6.45) is 0. The van der Waals surface area contributed by atoms with Gasteiger partial charge in [-0.25, -0.2) is 0 Å². The van der Waals surface area contributed by atoms with Crippen molar-refractivity contribution in [2.45, 2.75) is 20.1 Å². The van der Waals surface area contributed by atoms with E-state index < -0.39 is 0 Å². The van der Waals surface area contributed by atoms with Crippen LogP contribution in [-0.2, 0) is 17.9 Å². The topological polar surface area (TPSA) is 50.7 Å². The van der Waals surface area contributed by atoms with Gasteiger partial charge in [-0.05, 0) is 30.7 Å². The molecule has 2 aromatic rings. The highest BCUT2D eigenvalue weighted by Crippen LogP contribution is 2.26. The van der Waals surface area contributed by atoms with Gasteiger partial charge in [-0.15, -0.1) is 0 Å². The van der Waals surface area contributed by atoms with Gasteiger partial charge in [-0.3, -0.25) is 0 Å². The van der Waals surface area contributed by atoms with Crippen LogP contribution >= 0.6 is 0 Å². The quantitative estimate of drug-likeness (QED) is 0.817. The molecule has 0 saturated carbocycles. The molecule has 112 valence electrons. The van der Waals surface area contributed by atoms with E-state index in [1.165, 1.54) is 7.11 Å². The summed E-state index contributed by atoms with van der Waals surface area (Å²) in [5, 5.41) is 13.2. The molecule has 0 saturated heterocycles. The van der Waals surface area contributed by atoms with Crippen LogP contribution in [0.4, 0.5) is 5.69 Å². The Morgan fingerprint density at radius 1 is 1.14 bits per heavy atom. The van der Waals surface area contributed by atoms with E-state index in [4.69, 9.17) is 9.47 Å². The van der Waals surface area contributed by atoms with Crippen LogP contribution in [0.25, 0.3) is 0 Å². The summed E-state index contributed by atoms with van der Waals surface area (Å²) in [4.78, 5) is 0. The molecule has 2 N–H and O–H groups in total. The maximum atomic E-state index is 9.79. The summed E-state index contributed by atoms with van der Waals surface area (Å²) in [5.74, 6) is 0.634. The summed E-state index contributed by atoms with van der Waals surface area (Å²) in [5.41, 5.74) is 3.15. The lowest BCUT2D eigenvalue weighted by molar-refractivity contribution is 0.134. The van der Waals surface area contributed by atoms with Gasteiger partial charge in [0.1, 0.15) is 0 Å². The van der Waals surface area contributed by atoms with Gasteiger partial charge in [0.25, 0.3) is 0 Å². The molecule has 0 unspecified atom stereocenters. The first kappa shape index (κ1) is 15.2. The highest BCUT2D eigenvalue weighted by atomic mass is 16.5. The molecule has 0 bridgehead atoms. The first-order valence-corrected chi connectivity index (χ1v) is 7.00. The lowest BCUT2D eigenvalue weighted by atomic mass is 10.1. The van der Waals surface area contributed by atoms with Crippen LogP contribution in [-0.4, -0.2) is 18.8 Å². The zero-order valence-electron chi connectivity index (χ0n) is 12.4. The molecule has 2 aromatic carbocycles. The Kier molecular flexibility index (Phi) is 5.46. The number of para-hydroxylation sites is 1. The molecule has 21 heavy (non-hydrogen) atoms. The molecule has 4 heteroatoms. The van der Waals surface area contributed by atoms with E-state index >= 15 is 0 Å². The number of phenolic OH excluding ortho intramolecular Hbond substituents is 1. The lowest BCUT2D eigenvalue weighted by Crippen LogP contribution is -2.03. The third-order valence-corrected chi connectivity index (χ3v) is 3.21. The fourth-order valence-electron chi connectivity index (χ4n) is 2.07. The predicted octanol–water partition coefficient (Wildman–Crippen LogP) is 3.55. The summed E-state index contributed by atoms with van der Waals surface area (Å²) < 4.78 is 10.5. The van der Waals surface area contributed by atoms with Gasteiger partial charge in [-0.2, -0.15) is 0 Å². The third-order valence-electron chi connectivity index (χ3n) is 3.21. The Morgan fingerprint density at radius 2 is 1.95 bits per heavy atom. The molecule has 0 heterocycles. The second-order valence-corrected chi connectivity index (χ2v) is 4.65. The molecule has 0 aliphatic rings. The van der Waals surface area contributed by atoms with Crippen LogP contribution in [0.2, 0.25) is 0 Å². The Morgan fingerprint density at radius 3 is 2.67 bits per heavy atom. The number of benzene rings is 2. The van der Waals surface area contributed by atoms with Crippen LogP contribution in [0, 0.1) is 0 Å². The van der Waals surface area contributed by atoms with E-state index in [0.29, 0.717) is 25.5 Å². The third kappa shape index (κ3) is 4.13. The number of ether oxygens (including phenoxy) is 2. The predicted molar refractivity (Wildman–Crippen MR) is 83.8 cm³/mol. The smallest absolute Gasteiger partial charge is 0.160 e. The van der Waals surface area contributed by atoms with Gasteiger partial charge < -0.3 is 19.9 Å². The highest BCUT2D eigenvalue weighted by molar-refractivity contribution is 5.51. The fourth-order valence-corrected chi connectivity index (χ4v) is 2.07. The van der Waals surface area contributed by atoms with Crippen molar-refractivity contribution < 1.29 is 14.6 Å². The minimum absolute atomic E-state index is 0.152. The molecule has 0 aliphatic carbocycles. The van der Waals surface area contributed by atoms with E-state index in [1.807, 2.05) is 37.3 Å². The molecule has 0 spiro atoms. The number of phenols is 1. The Labute approximate surface area is 125 Å². The number of aromatic hydroxyl groups is 1. The minimum atomic E-state index is 0.152. The standard InChI is InChI=1S/C17H21NO3/c1-3-21-12-14-6-4-5-7-15(14)18-11-13-8-9-17(20-2)16(19)10-13/h4-10,18-19H,3,11-12H2,1-2H3. The van der Waals surface area contributed by atoms with E-state index in [0.717, 1.165) is 16.8 Å². The number of hydrogen-bond acceptors (Lipinski definition) is 4. The SMILES string of the molecule is CCOCc1ccccc1NCc1ccc(OC)c(O)c1. The second-order valence-electron chi connectivity index (χ2n) is 4.65. The van der Waals surface area contributed by atoms with Crippen molar-refractivity contribution in [3.63, 3.8) is 0 Å². The molecular formula is C17H21NO3. The number of rotatable bonds is 7. The van der Waals surface area contributed by atoms with Crippen LogP contribution in [0.5, 0.6) is 11.5 Å². The molecule has 0 fully saturated rings. The van der Waals surface area contributed by atoms with Crippen molar-refractivity contribution in [3.8, 4) is 11.5 Å². The number of anilines is 1. The first-order chi connectivity index (χ1) is 10.2. The monoisotopic (exact) mass is 287 g/mol. The normalized spacial score (nSPS) is 10.4. The van der Waals surface area contributed by atoms with E-state index in [9.17, 15) is 5.11 Å². The summed E-state index contributed by atoms with van der Waals surface area (Å²) in [6, 6.07) is 13.5. The van der Waals surface area contributed by atoms with Crippen LogP contribution in [0.3, 0.4) is 0 Å². The van der Waals surface area contributed by atoms with Crippen LogP contribution in [0.1, 0.15) is 18.1 Å². The Balaban J connectivity index is 2.04. The van der Waals surface area contributed by atoms with Gasteiger partial charge in [-0.1, -0.05) is 24.3 Å². The highest BCUT2D eigenvalue weighted by Gasteiger charge is 2.04. The molecule has 2 rings (SSSR count). The second kappa shape index (κ2) is 7.55. The van der Waals surface area contributed by atoms with Gasteiger partial charge in [0, 0.05) is 24.4 Å². The molecule has 0 aliphatic heterocycles. The maximum absolute atomic E-state index is 9.79. The van der Waals surface area contributed by atoms with Crippen molar-refractivity contribution in [1.82, 2.24) is 0 Å². The molecular weight excluding hydrogens is 266 g/mol. The van der Waals surface area contributed by atoms with Crippen molar-refractivity contribution >= 4 is 5.69 Å². The summed E-state index contributed by atoms with van der Waals surface area (Å²) >= 11 is 0. The van der Waals surface area contributed by atoms with E-state index in [-0.39, 0.29) is 5.75 Å².